The van der Waals surface area contributed by atoms with E-state index < -0.39 is 23.5 Å². The molecule has 0 heterocycles. The van der Waals surface area contributed by atoms with Crippen LogP contribution in [0.1, 0.15) is 80.1 Å². The van der Waals surface area contributed by atoms with Gasteiger partial charge in [-0.1, -0.05) is 32.1 Å². The average molecular weight is 459 g/mol. The highest BCUT2D eigenvalue weighted by Crippen LogP contribution is 2.72. The molecule has 1 spiro atoms. The van der Waals surface area contributed by atoms with Crippen LogP contribution in [0.5, 0.6) is 0 Å². The fraction of sp³-hybridized carbons (Fsp3) is 0.741. The number of fused-ring (bicyclic) bond motifs is 3. The Labute approximate surface area is 196 Å². The molecule has 33 heavy (non-hydrogen) atoms. The number of ether oxygens (including phenoxy) is 2. The van der Waals surface area contributed by atoms with Gasteiger partial charge in [0.25, 0.3) is 0 Å². The van der Waals surface area contributed by atoms with Crippen LogP contribution in [-0.4, -0.2) is 35.2 Å². The lowest BCUT2D eigenvalue weighted by molar-refractivity contribution is -0.227. The van der Waals surface area contributed by atoms with Crippen molar-refractivity contribution in [1.29, 1.82) is 0 Å². The Hall–Kier alpha value is -2.11. The monoisotopic (exact) mass is 458 g/mol. The lowest BCUT2D eigenvalue weighted by Gasteiger charge is -2.66. The second kappa shape index (κ2) is 7.71. The number of carbonyl (C=O) groups is 3. The summed E-state index contributed by atoms with van der Waals surface area (Å²) in [5, 5.41) is 10.4. The molecule has 0 saturated heterocycles. The Morgan fingerprint density at radius 2 is 1.61 bits per heavy atom. The van der Waals surface area contributed by atoms with Crippen LogP contribution < -0.4 is 0 Å². The van der Waals surface area contributed by atoms with Gasteiger partial charge in [-0.25, -0.2) is 4.79 Å². The maximum absolute atomic E-state index is 12.8. The summed E-state index contributed by atoms with van der Waals surface area (Å²) in [6, 6.07) is 0. The summed E-state index contributed by atoms with van der Waals surface area (Å²) in [7, 11) is 0. The first-order valence-corrected chi connectivity index (χ1v) is 12.3. The van der Waals surface area contributed by atoms with E-state index in [9.17, 15) is 19.5 Å². The van der Waals surface area contributed by atoms with E-state index in [1.54, 1.807) is 19.9 Å². The van der Waals surface area contributed by atoms with Gasteiger partial charge in [0.2, 0.25) is 0 Å². The normalized spacial score (nSPS) is 46.2. The van der Waals surface area contributed by atoms with Gasteiger partial charge < -0.3 is 14.6 Å². The molecular formula is C27H38O6. The lowest BCUT2D eigenvalue weighted by Crippen LogP contribution is -2.66. The Kier molecular flexibility index (Phi) is 5.61. The topological polar surface area (TPSA) is 89.9 Å². The third-order valence-corrected chi connectivity index (χ3v) is 10.0. The van der Waals surface area contributed by atoms with Gasteiger partial charge in [-0.15, -0.1) is 0 Å². The van der Waals surface area contributed by atoms with Gasteiger partial charge in [-0.2, -0.15) is 0 Å². The van der Waals surface area contributed by atoms with Crippen molar-refractivity contribution in [3.8, 4) is 0 Å². The molecule has 6 heteroatoms. The molecule has 4 aliphatic rings. The van der Waals surface area contributed by atoms with E-state index in [0.29, 0.717) is 18.4 Å². The lowest BCUT2D eigenvalue weighted by atomic mass is 9.39. The smallest absolute Gasteiger partial charge is 0.333 e. The summed E-state index contributed by atoms with van der Waals surface area (Å²) in [6.45, 7) is 11.2. The van der Waals surface area contributed by atoms with Crippen molar-refractivity contribution in [2.24, 2.45) is 33.5 Å². The number of carbonyl (C=O) groups excluding carboxylic acids is 2. The molecule has 4 rings (SSSR count). The Balaban J connectivity index is 1.74. The second-order valence-corrected chi connectivity index (χ2v) is 11.6. The average Bonchev–Trinajstić information content (AvgIpc) is 2.90. The highest BCUT2D eigenvalue weighted by Gasteiger charge is 2.71. The van der Waals surface area contributed by atoms with E-state index >= 15 is 0 Å². The quantitative estimate of drug-likeness (QED) is 0.359. The molecule has 1 N–H and O–H groups in total. The van der Waals surface area contributed by atoms with Gasteiger partial charge in [0, 0.05) is 23.3 Å². The zero-order chi connectivity index (χ0) is 24.4. The summed E-state index contributed by atoms with van der Waals surface area (Å²) in [5.41, 5.74) is -1.27. The van der Waals surface area contributed by atoms with Crippen molar-refractivity contribution in [2.45, 2.75) is 92.3 Å². The van der Waals surface area contributed by atoms with E-state index in [1.807, 2.05) is 6.92 Å². The molecule has 4 aliphatic carbocycles. The van der Waals surface area contributed by atoms with Crippen LogP contribution in [0.25, 0.3) is 0 Å². The maximum atomic E-state index is 12.8. The van der Waals surface area contributed by atoms with E-state index in [0.717, 1.165) is 25.7 Å². The predicted molar refractivity (Wildman–Crippen MR) is 123 cm³/mol. The molecule has 182 valence electrons. The predicted octanol–water partition coefficient (Wildman–Crippen LogP) is 5.07. The minimum absolute atomic E-state index is 0.122. The molecule has 0 amide bonds. The molecule has 0 unspecified atom stereocenters. The molecule has 6 nitrogen and oxygen atoms in total. The van der Waals surface area contributed by atoms with Gasteiger partial charge in [0.05, 0.1) is 0 Å². The minimum atomic E-state index is -1.14. The number of carboxylic acid groups (broad SMARTS) is 1. The van der Waals surface area contributed by atoms with Crippen molar-refractivity contribution >= 4 is 17.9 Å². The first kappa shape index (κ1) is 24.0. The summed E-state index contributed by atoms with van der Waals surface area (Å²) in [6.07, 6.45) is 10.1. The van der Waals surface area contributed by atoms with Gasteiger partial charge in [-0.3, -0.25) is 9.59 Å². The van der Waals surface area contributed by atoms with Crippen molar-refractivity contribution in [3.63, 3.8) is 0 Å². The number of esters is 2. The van der Waals surface area contributed by atoms with Crippen molar-refractivity contribution in [2.75, 3.05) is 0 Å². The minimum Gasteiger partial charge on any atom is -0.481 e. The van der Waals surface area contributed by atoms with E-state index in [1.165, 1.54) is 6.92 Å². The SMILES string of the molecule is C/C=C(\C)C(=O)O[C@@H]1[C@]23C=C[C@@]1(C)CC[C@@H]2[C@]1(C)CC[C@@H](OC(C)=O)[C@@](C)(C(=O)O)[C@H]1CC3. The first-order valence-electron chi connectivity index (χ1n) is 12.3. The summed E-state index contributed by atoms with van der Waals surface area (Å²) >= 11 is 0. The third-order valence-electron chi connectivity index (χ3n) is 10.0. The summed E-state index contributed by atoms with van der Waals surface area (Å²) in [4.78, 5) is 37.3. The Morgan fingerprint density at radius 1 is 0.939 bits per heavy atom. The second-order valence-electron chi connectivity index (χ2n) is 11.6. The molecule has 3 fully saturated rings. The summed E-state index contributed by atoms with van der Waals surface area (Å²) in [5.74, 6) is -1.50. The van der Waals surface area contributed by atoms with Crippen LogP contribution in [-0.2, 0) is 23.9 Å². The molecular weight excluding hydrogens is 420 g/mol. The molecule has 0 aromatic rings. The Bertz CT molecular complexity index is 935. The van der Waals surface area contributed by atoms with Crippen LogP contribution >= 0.6 is 0 Å². The molecule has 0 aromatic heterocycles. The third kappa shape index (κ3) is 3.23. The molecule has 0 radical (unpaired) electrons. The van der Waals surface area contributed by atoms with Crippen molar-refractivity contribution < 1.29 is 29.0 Å². The van der Waals surface area contributed by atoms with Crippen LogP contribution in [0.4, 0.5) is 0 Å². The number of hydrogen-bond donors (Lipinski definition) is 1. The molecule has 0 aromatic carbocycles. The van der Waals surface area contributed by atoms with Gasteiger partial charge in [0.1, 0.15) is 17.6 Å². The van der Waals surface area contributed by atoms with Crippen molar-refractivity contribution in [3.05, 3.63) is 23.8 Å². The molecule has 8 atom stereocenters. The highest BCUT2D eigenvalue weighted by atomic mass is 16.6. The number of carboxylic acids is 1. The molecule has 2 bridgehead atoms. The highest BCUT2D eigenvalue weighted by molar-refractivity contribution is 5.88. The summed E-state index contributed by atoms with van der Waals surface area (Å²) < 4.78 is 11.8. The zero-order valence-corrected chi connectivity index (χ0v) is 20.8. The number of allylic oxidation sites excluding steroid dienone is 1. The van der Waals surface area contributed by atoms with Gasteiger partial charge in [-0.05, 0) is 76.5 Å². The van der Waals surface area contributed by atoms with Crippen LogP contribution in [0.2, 0.25) is 0 Å². The molecule has 3 saturated carbocycles. The van der Waals surface area contributed by atoms with E-state index in [2.05, 4.69) is 26.0 Å². The van der Waals surface area contributed by atoms with Crippen molar-refractivity contribution in [1.82, 2.24) is 0 Å². The number of rotatable bonds is 4. The fourth-order valence-electron chi connectivity index (χ4n) is 8.20. The van der Waals surface area contributed by atoms with Crippen LogP contribution in [0.3, 0.4) is 0 Å². The largest absolute Gasteiger partial charge is 0.481 e. The van der Waals surface area contributed by atoms with E-state index in [-0.39, 0.29) is 40.2 Å². The van der Waals surface area contributed by atoms with Crippen LogP contribution in [0, 0.1) is 33.5 Å². The zero-order valence-electron chi connectivity index (χ0n) is 20.8. The number of aliphatic carboxylic acids is 1. The molecule has 0 aliphatic heterocycles. The standard InChI is InChI=1S/C27H38O6/c1-7-16(2)21(29)33-22-24(4)11-8-19-25(5)12-10-20(32-17(3)28)26(6,23(30)31)18(25)9-13-27(19,22)15-14-24/h7,14-15,18-20,22H,8-13H2,1-6H3,(H,30,31)/b16-7+/t18-,19+,20+,22-,24+,25+,26-,27+/m0/s1. The van der Waals surface area contributed by atoms with Gasteiger partial charge in [0.15, 0.2) is 0 Å². The maximum Gasteiger partial charge on any atom is 0.333 e. The van der Waals surface area contributed by atoms with E-state index in [4.69, 9.17) is 9.47 Å². The van der Waals surface area contributed by atoms with Gasteiger partial charge >= 0.3 is 17.9 Å². The fourth-order valence-corrected chi connectivity index (χ4v) is 8.20. The Morgan fingerprint density at radius 3 is 2.21 bits per heavy atom. The van der Waals surface area contributed by atoms with Crippen LogP contribution in [0.15, 0.2) is 23.8 Å². The number of hydrogen-bond acceptors (Lipinski definition) is 5. The first-order chi connectivity index (χ1) is 15.3.